The lowest BCUT2D eigenvalue weighted by atomic mass is 11.8. The molecule has 0 atom stereocenters. The Balaban J connectivity index is -0.0000000800. The van der Waals surface area contributed by atoms with Gasteiger partial charge in [-0.2, -0.15) is 8.60 Å². The van der Waals surface area contributed by atoms with Crippen molar-refractivity contribution in [3.8, 4) is 0 Å². The van der Waals surface area contributed by atoms with Gasteiger partial charge in [0, 0.05) is 7.11 Å². The first kappa shape index (κ1) is 15.7. The molecule has 0 heterocycles. The van der Waals surface area contributed by atoms with Crippen LogP contribution >= 0.6 is 8.60 Å². The summed E-state index contributed by atoms with van der Waals surface area (Å²) in [6, 6.07) is 0. The van der Waals surface area contributed by atoms with Crippen molar-refractivity contribution in [3.63, 3.8) is 0 Å². The highest BCUT2D eigenvalue weighted by atomic mass is 31.2. The van der Waals surface area contributed by atoms with Crippen LogP contribution in [0.3, 0.4) is 0 Å². The van der Waals surface area contributed by atoms with E-state index >= 15 is 0 Å². The predicted molar refractivity (Wildman–Crippen MR) is 25.9 cm³/mol. The van der Waals surface area contributed by atoms with Crippen LogP contribution < -0.4 is 22.1 Å². The Morgan fingerprint density at radius 2 is 1.43 bits per heavy atom. The molecule has 0 aromatic heterocycles. The second-order valence-electron chi connectivity index (χ2n) is 0.406. The Hall–Kier alpha value is 0.230. The zero-order chi connectivity index (χ0) is 4.28. The molecule has 0 aliphatic heterocycles. The fourth-order valence-electron chi connectivity index (χ4n) is 0. The first-order chi connectivity index (χ1) is 2.27. The molecule has 0 aromatic rings. The van der Waals surface area contributed by atoms with Crippen LogP contribution in [0, 0.1) is 0 Å². The number of hydrogen-bond acceptors (Lipinski definition) is 3. The molecule has 0 unspecified atom stereocenters. The van der Waals surface area contributed by atoms with Gasteiger partial charge in [-0.3, -0.25) is 0 Å². The zero-order valence-electron chi connectivity index (χ0n) is 4.67. The highest BCUT2D eigenvalue weighted by Gasteiger charge is 1.51. The summed E-state index contributed by atoms with van der Waals surface area (Å²) >= 11 is 0. The van der Waals surface area contributed by atoms with Crippen molar-refractivity contribution < 1.29 is 14.3 Å². The molecule has 0 aliphatic rings. The Bertz CT molecular complexity index is 26.9. The molecule has 5 nitrogen and oxygen atoms in total. The van der Waals surface area contributed by atoms with Gasteiger partial charge in [-0.25, -0.2) is 0 Å². The second-order valence-corrected chi connectivity index (χ2v) is 1.22. The maximum Gasteiger partial charge on any atom is 0.0365 e. The van der Waals surface area contributed by atoms with Gasteiger partial charge in [0.25, 0.3) is 0 Å². The lowest BCUT2D eigenvalue weighted by Crippen LogP contribution is -2.07. The molecule has 48 valence electrons. The highest BCUT2D eigenvalue weighted by molar-refractivity contribution is 7.36. The quantitative estimate of drug-likeness (QED) is 0.456. The SMILES string of the molecule is COP([O-])[O-].[NH4+].[NH4+]. The first-order valence-electron chi connectivity index (χ1n) is 0.956. The van der Waals surface area contributed by atoms with E-state index in [1.165, 1.54) is 0 Å². The molecule has 0 spiro atoms. The van der Waals surface area contributed by atoms with E-state index in [2.05, 4.69) is 4.52 Å². The Morgan fingerprint density at radius 1 is 1.29 bits per heavy atom. The summed E-state index contributed by atoms with van der Waals surface area (Å²) < 4.78 is 3.70. The van der Waals surface area contributed by atoms with Crippen LogP contribution in [0.1, 0.15) is 0 Å². The molecule has 7 heavy (non-hydrogen) atoms. The normalized spacial score (nSPS) is 6.86. The number of quaternary nitrogens is 2. The molecule has 0 radical (unpaired) electrons. The van der Waals surface area contributed by atoms with Gasteiger partial charge in [0.05, 0.1) is 0 Å². The largest absolute Gasteiger partial charge is 0.820 e. The van der Waals surface area contributed by atoms with Gasteiger partial charge in [-0.15, -0.1) is 0 Å². The molecule has 0 aromatic carbocycles. The molecule has 0 bridgehead atoms. The molecular formula is CH11N2O3P. The minimum Gasteiger partial charge on any atom is -0.820 e. The third-order valence-electron chi connectivity index (χ3n) is 0.149. The van der Waals surface area contributed by atoms with E-state index < -0.39 is 8.60 Å². The van der Waals surface area contributed by atoms with Crippen molar-refractivity contribution in [1.29, 1.82) is 0 Å². The highest BCUT2D eigenvalue weighted by Crippen LogP contribution is 2.07. The molecule has 8 N–H and O–H groups in total. The van der Waals surface area contributed by atoms with Crippen molar-refractivity contribution in [2.45, 2.75) is 0 Å². The first-order valence-corrected chi connectivity index (χ1v) is 2.05. The van der Waals surface area contributed by atoms with E-state index in [1.54, 1.807) is 0 Å². The van der Waals surface area contributed by atoms with Crippen molar-refractivity contribution >= 4 is 8.60 Å². The average molecular weight is 130 g/mol. The van der Waals surface area contributed by atoms with Gasteiger partial charge >= 0.3 is 0 Å². The summed E-state index contributed by atoms with van der Waals surface area (Å²) in [6.07, 6.45) is 0. The Morgan fingerprint density at radius 3 is 1.43 bits per heavy atom. The molecule has 0 aliphatic carbocycles. The maximum absolute atomic E-state index is 9.18. The van der Waals surface area contributed by atoms with E-state index in [0.717, 1.165) is 7.11 Å². The van der Waals surface area contributed by atoms with Crippen molar-refractivity contribution in [3.05, 3.63) is 0 Å². The van der Waals surface area contributed by atoms with Crippen LogP contribution in [0.15, 0.2) is 0 Å². The molecule has 0 saturated carbocycles. The summed E-state index contributed by atoms with van der Waals surface area (Å²) in [5.41, 5.74) is 0. The Labute approximate surface area is 43.5 Å². The van der Waals surface area contributed by atoms with Crippen LogP contribution in [0.2, 0.25) is 0 Å². The van der Waals surface area contributed by atoms with E-state index in [4.69, 9.17) is 0 Å². The summed E-state index contributed by atoms with van der Waals surface area (Å²) in [5, 5.41) is 0. The van der Waals surface area contributed by atoms with Crippen LogP contribution in [-0.2, 0) is 4.52 Å². The fourth-order valence-corrected chi connectivity index (χ4v) is 0. The maximum atomic E-state index is 9.18. The molecular weight excluding hydrogens is 119 g/mol. The number of rotatable bonds is 1. The van der Waals surface area contributed by atoms with E-state index in [-0.39, 0.29) is 12.3 Å². The Kier molecular flexibility index (Phi) is 21.3. The van der Waals surface area contributed by atoms with Crippen molar-refractivity contribution in [2.75, 3.05) is 7.11 Å². The lowest BCUT2D eigenvalue weighted by molar-refractivity contribution is -0.316. The topological polar surface area (TPSA) is 128 Å². The monoisotopic (exact) mass is 130 g/mol. The van der Waals surface area contributed by atoms with Gasteiger partial charge in [0.2, 0.25) is 0 Å². The van der Waals surface area contributed by atoms with Crippen LogP contribution in [0.25, 0.3) is 0 Å². The van der Waals surface area contributed by atoms with Crippen LogP contribution in [0.4, 0.5) is 0 Å². The minimum absolute atomic E-state index is 0. The van der Waals surface area contributed by atoms with Gasteiger partial charge < -0.3 is 26.6 Å². The van der Waals surface area contributed by atoms with Gasteiger partial charge in [0.15, 0.2) is 0 Å². The second kappa shape index (κ2) is 9.52. The lowest BCUT2D eigenvalue weighted by Gasteiger charge is -2.25. The zero-order valence-corrected chi connectivity index (χ0v) is 5.57. The summed E-state index contributed by atoms with van der Waals surface area (Å²) in [7, 11) is -1.50. The van der Waals surface area contributed by atoms with Crippen molar-refractivity contribution in [1.82, 2.24) is 12.3 Å². The number of hydrogen-bond donors (Lipinski definition) is 2. The van der Waals surface area contributed by atoms with Crippen LogP contribution in [0.5, 0.6) is 0 Å². The van der Waals surface area contributed by atoms with Crippen molar-refractivity contribution in [2.24, 2.45) is 0 Å². The van der Waals surface area contributed by atoms with Gasteiger partial charge in [-0.1, -0.05) is 0 Å². The smallest absolute Gasteiger partial charge is 0.0365 e. The molecule has 0 rings (SSSR count). The third kappa shape index (κ3) is 22.4. The van der Waals surface area contributed by atoms with Crippen LogP contribution in [-0.4, -0.2) is 7.11 Å². The molecule has 0 fully saturated rings. The van der Waals surface area contributed by atoms with E-state index in [1.807, 2.05) is 0 Å². The molecule has 0 amide bonds. The minimum atomic E-state index is -2.60. The summed E-state index contributed by atoms with van der Waals surface area (Å²) in [5.74, 6) is 0. The van der Waals surface area contributed by atoms with E-state index in [9.17, 15) is 9.79 Å². The van der Waals surface area contributed by atoms with Gasteiger partial charge in [-0.05, 0) is 0 Å². The molecule has 0 saturated heterocycles. The third-order valence-corrected chi connectivity index (χ3v) is 0.447. The molecule has 6 heteroatoms. The fraction of sp³-hybridized carbons (Fsp3) is 1.00. The summed E-state index contributed by atoms with van der Waals surface area (Å²) in [6.45, 7) is 0. The van der Waals surface area contributed by atoms with Gasteiger partial charge in [0.1, 0.15) is 0 Å². The summed E-state index contributed by atoms with van der Waals surface area (Å²) in [4.78, 5) is 18.4. The van der Waals surface area contributed by atoms with E-state index in [0.29, 0.717) is 0 Å². The standard InChI is InChI=1S/CH3O3P.2H3N/c1-4-5(2)3;;/h1H3;2*1H3/q-2;;/p+2. The average Bonchev–Trinajstić information content (AvgIpc) is 1.38. The predicted octanol–water partition coefficient (Wildman–Crippen LogP) is -0.667.